The van der Waals surface area contributed by atoms with Gasteiger partial charge in [-0.2, -0.15) is 13.2 Å². The fourth-order valence-corrected chi connectivity index (χ4v) is 2.43. The van der Waals surface area contributed by atoms with Crippen molar-refractivity contribution in [1.29, 1.82) is 0 Å². The molecule has 0 bridgehead atoms. The summed E-state index contributed by atoms with van der Waals surface area (Å²) in [6.07, 6.45) is -3.87. The lowest BCUT2D eigenvalue weighted by atomic mass is 10.0. The van der Waals surface area contributed by atoms with E-state index in [2.05, 4.69) is 5.32 Å². The van der Waals surface area contributed by atoms with E-state index in [1.165, 1.54) is 24.3 Å². The lowest BCUT2D eigenvalue weighted by Gasteiger charge is -2.11. The highest BCUT2D eigenvalue weighted by atomic mass is 19.4. The minimum atomic E-state index is -4.33. The maximum Gasteiger partial charge on any atom is 0.416 e. The summed E-state index contributed by atoms with van der Waals surface area (Å²) in [7, 11) is 0. The molecule has 2 aromatic rings. The molecule has 0 radical (unpaired) electrons. The number of rotatable bonds is 1. The lowest BCUT2D eigenvalue weighted by molar-refractivity contribution is -0.137. The van der Waals surface area contributed by atoms with Crippen LogP contribution in [0.2, 0.25) is 0 Å². The Balaban J connectivity index is 1.87. The van der Waals surface area contributed by atoms with Gasteiger partial charge in [0.05, 0.1) is 11.6 Å². The first-order chi connectivity index (χ1) is 9.43. The molecule has 1 nitrogen and oxygen atoms in total. The zero-order valence-electron chi connectivity index (χ0n) is 10.3. The van der Waals surface area contributed by atoms with Crippen LogP contribution < -0.4 is 5.32 Å². The highest BCUT2D eigenvalue weighted by molar-refractivity contribution is 5.59. The minimum absolute atomic E-state index is 0.117. The van der Waals surface area contributed by atoms with E-state index in [0.29, 0.717) is 17.7 Å². The average molecular weight is 281 g/mol. The van der Waals surface area contributed by atoms with Gasteiger partial charge in [-0.15, -0.1) is 0 Å². The Bertz CT molecular complexity index is 631. The van der Waals surface area contributed by atoms with Crippen LogP contribution in [0.15, 0.2) is 42.5 Å². The van der Waals surface area contributed by atoms with Crippen molar-refractivity contribution in [3.63, 3.8) is 0 Å². The Labute approximate surface area is 113 Å². The molecule has 5 heteroatoms. The van der Waals surface area contributed by atoms with E-state index in [-0.39, 0.29) is 11.9 Å². The third-order valence-electron chi connectivity index (χ3n) is 3.46. The highest BCUT2D eigenvalue weighted by Gasteiger charge is 2.32. The molecule has 104 valence electrons. The fraction of sp³-hybridized carbons (Fsp3) is 0.200. The molecular weight excluding hydrogens is 270 g/mol. The monoisotopic (exact) mass is 281 g/mol. The topological polar surface area (TPSA) is 12.0 Å². The molecule has 1 N–H and O–H groups in total. The highest BCUT2D eigenvalue weighted by Crippen LogP contribution is 2.38. The molecule has 1 atom stereocenters. The number of nitrogens with one attached hydrogen (secondary N) is 1. The molecule has 0 fully saturated rings. The van der Waals surface area contributed by atoms with Crippen molar-refractivity contribution < 1.29 is 17.6 Å². The summed E-state index contributed by atoms with van der Waals surface area (Å²) in [6, 6.07) is 9.55. The Morgan fingerprint density at radius 2 is 1.70 bits per heavy atom. The molecule has 0 saturated heterocycles. The molecule has 3 rings (SSSR count). The second-order valence-electron chi connectivity index (χ2n) is 4.82. The molecule has 20 heavy (non-hydrogen) atoms. The Morgan fingerprint density at radius 1 is 1.00 bits per heavy atom. The Hall–Kier alpha value is -2.04. The van der Waals surface area contributed by atoms with Crippen molar-refractivity contribution in [3.05, 3.63) is 65.0 Å². The molecule has 1 heterocycles. The van der Waals surface area contributed by atoms with E-state index < -0.39 is 11.7 Å². The van der Waals surface area contributed by atoms with E-state index in [1.807, 2.05) is 0 Å². The largest absolute Gasteiger partial charge is 0.416 e. The van der Waals surface area contributed by atoms with Crippen molar-refractivity contribution in [2.75, 3.05) is 5.32 Å². The maximum absolute atomic E-state index is 12.9. The number of anilines is 1. The molecule has 0 aliphatic carbocycles. The quantitative estimate of drug-likeness (QED) is 0.756. The van der Waals surface area contributed by atoms with Crippen molar-refractivity contribution >= 4 is 5.69 Å². The van der Waals surface area contributed by atoms with E-state index in [4.69, 9.17) is 0 Å². The second-order valence-corrected chi connectivity index (χ2v) is 4.82. The van der Waals surface area contributed by atoms with Crippen LogP contribution in [0, 0.1) is 5.82 Å². The molecule has 1 unspecified atom stereocenters. The summed E-state index contributed by atoms with van der Waals surface area (Å²) in [6.45, 7) is 0. The summed E-state index contributed by atoms with van der Waals surface area (Å²) >= 11 is 0. The number of benzene rings is 2. The van der Waals surface area contributed by atoms with Crippen LogP contribution in [0.3, 0.4) is 0 Å². The van der Waals surface area contributed by atoms with E-state index >= 15 is 0 Å². The van der Waals surface area contributed by atoms with E-state index in [0.717, 1.165) is 11.6 Å². The van der Waals surface area contributed by atoms with Crippen molar-refractivity contribution in [2.45, 2.75) is 18.6 Å². The first kappa shape index (κ1) is 13.0. The zero-order valence-corrected chi connectivity index (χ0v) is 10.3. The average Bonchev–Trinajstić information content (AvgIpc) is 2.81. The van der Waals surface area contributed by atoms with Gasteiger partial charge in [-0.1, -0.05) is 12.1 Å². The molecule has 1 aliphatic rings. The molecule has 0 aromatic heterocycles. The summed E-state index contributed by atoms with van der Waals surface area (Å²) in [4.78, 5) is 0. The molecule has 0 spiro atoms. The third-order valence-corrected chi connectivity index (χ3v) is 3.46. The van der Waals surface area contributed by atoms with Gasteiger partial charge in [0.1, 0.15) is 5.82 Å². The molecule has 1 aliphatic heterocycles. The van der Waals surface area contributed by atoms with Gasteiger partial charge in [-0.25, -0.2) is 4.39 Å². The van der Waals surface area contributed by atoms with Gasteiger partial charge in [0.2, 0.25) is 0 Å². The smallest absolute Gasteiger partial charge is 0.378 e. The minimum Gasteiger partial charge on any atom is -0.378 e. The summed E-state index contributed by atoms with van der Waals surface area (Å²) in [5.74, 6) is -0.330. The molecule has 2 aromatic carbocycles. The lowest BCUT2D eigenvalue weighted by Crippen LogP contribution is -2.05. The van der Waals surface area contributed by atoms with Crippen molar-refractivity contribution in [2.24, 2.45) is 0 Å². The molecule has 0 saturated carbocycles. The van der Waals surface area contributed by atoms with Gasteiger partial charge >= 0.3 is 6.18 Å². The summed E-state index contributed by atoms with van der Waals surface area (Å²) in [5.41, 5.74) is 1.55. The normalized spacial score (nSPS) is 17.7. The van der Waals surface area contributed by atoms with Crippen LogP contribution in [-0.4, -0.2) is 0 Å². The molecular formula is C15H11F4N. The van der Waals surface area contributed by atoms with Crippen LogP contribution in [0.4, 0.5) is 23.2 Å². The fourth-order valence-electron chi connectivity index (χ4n) is 2.43. The van der Waals surface area contributed by atoms with Crippen LogP contribution in [0.25, 0.3) is 0 Å². The first-order valence-corrected chi connectivity index (χ1v) is 6.15. The second kappa shape index (κ2) is 4.51. The van der Waals surface area contributed by atoms with Crippen molar-refractivity contribution in [1.82, 2.24) is 0 Å². The van der Waals surface area contributed by atoms with Crippen molar-refractivity contribution in [3.8, 4) is 0 Å². The number of hydrogen-bond acceptors (Lipinski definition) is 1. The third kappa shape index (κ3) is 2.35. The standard InChI is InChI=1S/C15H11F4N/c16-12-4-1-9(2-5-12)14-8-10-7-11(15(17,18)19)3-6-13(10)20-14/h1-7,14,20H,8H2. The van der Waals surface area contributed by atoms with Gasteiger partial charge in [0, 0.05) is 5.69 Å². The number of alkyl halides is 3. The maximum atomic E-state index is 12.9. The first-order valence-electron chi connectivity index (χ1n) is 6.15. The van der Waals surface area contributed by atoms with Gasteiger partial charge < -0.3 is 5.32 Å². The van der Waals surface area contributed by atoms with Gasteiger partial charge in [-0.3, -0.25) is 0 Å². The number of halogens is 4. The summed E-state index contributed by atoms with van der Waals surface area (Å²) in [5, 5.41) is 3.16. The predicted octanol–water partition coefficient (Wildman–Crippen LogP) is 4.55. The van der Waals surface area contributed by atoms with Gasteiger partial charge in [0.15, 0.2) is 0 Å². The Morgan fingerprint density at radius 3 is 2.35 bits per heavy atom. The van der Waals surface area contributed by atoms with E-state index in [9.17, 15) is 17.6 Å². The van der Waals surface area contributed by atoms with Crippen LogP contribution in [0.5, 0.6) is 0 Å². The number of fused-ring (bicyclic) bond motifs is 1. The van der Waals surface area contributed by atoms with Gasteiger partial charge in [0.25, 0.3) is 0 Å². The summed E-state index contributed by atoms with van der Waals surface area (Å²) < 4.78 is 50.9. The Kier molecular flexibility index (Phi) is 2.92. The zero-order chi connectivity index (χ0) is 14.3. The van der Waals surface area contributed by atoms with Gasteiger partial charge in [-0.05, 0) is 47.9 Å². The van der Waals surface area contributed by atoms with Crippen LogP contribution >= 0.6 is 0 Å². The molecule has 0 amide bonds. The predicted molar refractivity (Wildman–Crippen MR) is 67.9 cm³/mol. The SMILES string of the molecule is Fc1ccc(C2Cc3cc(C(F)(F)F)ccc3N2)cc1. The van der Waals surface area contributed by atoms with Crippen LogP contribution in [-0.2, 0) is 12.6 Å². The van der Waals surface area contributed by atoms with Crippen LogP contribution in [0.1, 0.15) is 22.7 Å². The van der Waals surface area contributed by atoms with E-state index in [1.54, 1.807) is 12.1 Å². The number of hydrogen-bond donors (Lipinski definition) is 1.